The number of aryl methyl sites for hydroxylation is 1. The summed E-state index contributed by atoms with van der Waals surface area (Å²) in [5, 5.41) is 17.7. The summed E-state index contributed by atoms with van der Waals surface area (Å²) in [4.78, 5) is 11.3. The maximum Gasteiger partial charge on any atom is 0.337 e. The monoisotopic (exact) mass is 272 g/mol. The first kappa shape index (κ1) is 12.3. The van der Waals surface area contributed by atoms with Crippen LogP contribution in [-0.2, 0) is 0 Å². The molecular formula is C16H20N2O2. The van der Waals surface area contributed by atoms with E-state index in [1.165, 1.54) is 32.1 Å². The maximum atomic E-state index is 11.3. The van der Waals surface area contributed by atoms with Gasteiger partial charge in [0.15, 0.2) is 0 Å². The van der Waals surface area contributed by atoms with Crippen molar-refractivity contribution in [2.75, 3.05) is 0 Å². The van der Waals surface area contributed by atoms with E-state index in [9.17, 15) is 9.90 Å². The van der Waals surface area contributed by atoms with E-state index < -0.39 is 5.97 Å². The molecule has 4 fully saturated rings. The molecule has 20 heavy (non-hydrogen) atoms. The lowest BCUT2D eigenvalue weighted by Gasteiger charge is -2.54. The third-order valence-electron chi connectivity index (χ3n) is 5.80. The molecule has 0 spiro atoms. The molecule has 0 aromatic carbocycles. The number of hydrogen-bond acceptors (Lipinski definition) is 3. The van der Waals surface area contributed by atoms with Crippen molar-refractivity contribution in [3.05, 3.63) is 23.0 Å². The van der Waals surface area contributed by atoms with Crippen molar-refractivity contribution in [2.24, 2.45) is 23.7 Å². The standard InChI is InChI=1S/C16H20N2O2/c1-8-13(16(19)20)7-14(18-17-8)15-11-3-9-2-10(5-11)6-12(15)4-9/h7,9-12,15H,2-6H2,1H3,(H,19,20). The predicted molar refractivity (Wildman–Crippen MR) is 73.5 cm³/mol. The Kier molecular flexibility index (Phi) is 2.63. The molecule has 4 heteroatoms. The van der Waals surface area contributed by atoms with Crippen molar-refractivity contribution in [3.8, 4) is 0 Å². The van der Waals surface area contributed by atoms with Crippen LogP contribution in [0, 0.1) is 30.6 Å². The first-order valence-electron chi connectivity index (χ1n) is 7.69. The molecule has 1 heterocycles. The molecule has 0 atom stereocenters. The highest BCUT2D eigenvalue weighted by atomic mass is 16.4. The summed E-state index contributed by atoms with van der Waals surface area (Å²) >= 11 is 0. The van der Waals surface area contributed by atoms with Gasteiger partial charge in [0, 0.05) is 5.92 Å². The molecule has 0 aliphatic heterocycles. The molecule has 1 N–H and O–H groups in total. The molecule has 5 rings (SSSR count). The Morgan fingerprint density at radius 2 is 1.70 bits per heavy atom. The summed E-state index contributed by atoms with van der Waals surface area (Å²) in [6.45, 7) is 1.72. The van der Waals surface area contributed by atoms with Gasteiger partial charge in [0.25, 0.3) is 0 Å². The van der Waals surface area contributed by atoms with Crippen LogP contribution in [0.4, 0.5) is 0 Å². The number of carboxylic acid groups (broad SMARTS) is 1. The Morgan fingerprint density at radius 1 is 1.10 bits per heavy atom. The van der Waals surface area contributed by atoms with E-state index in [1.54, 1.807) is 13.0 Å². The van der Waals surface area contributed by atoms with Crippen LogP contribution in [0.3, 0.4) is 0 Å². The lowest BCUT2D eigenvalue weighted by atomic mass is 9.51. The zero-order valence-corrected chi connectivity index (χ0v) is 11.7. The maximum absolute atomic E-state index is 11.3. The number of carboxylic acids is 1. The van der Waals surface area contributed by atoms with E-state index >= 15 is 0 Å². The highest BCUT2D eigenvalue weighted by molar-refractivity contribution is 5.88. The van der Waals surface area contributed by atoms with Gasteiger partial charge in [-0.2, -0.15) is 10.2 Å². The van der Waals surface area contributed by atoms with Crippen LogP contribution >= 0.6 is 0 Å². The Hall–Kier alpha value is -1.45. The minimum atomic E-state index is -0.887. The SMILES string of the molecule is Cc1nnc(C2C3CC4CC(C3)CC2C4)cc1C(=O)O. The normalized spacial score (nSPS) is 38.1. The van der Waals surface area contributed by atoms with Crippen LogP contribution in [0.2, 0.25) is 0 Å². The van der Waals surface area contributed by atoms with Crippen molar-refractivity contribution >= 4 is 5.97 Å². The largest absolute Gasteiger partial charge is 0.478 e. The second-order valence-electron chi connectivity index (χ2n) is 7.03. The zero-order chi connectivity index (χ0) is 13.9. The summed E-state index contributed by atoms with van der Waals surface area (Å²) in [6, 6.07) is 1.79. The molecule has 4 aliphatic carbocycles. The van der Waals surface area contributed by atoms with E-state index in [0.29, 0.717) is 29.0 Å². The molecule has 4 nitrogen and oxygen atoms in total. The molecule has 0 amide bonds. The first-order valence-corrected chi connectivity index (χ1v) is 7.69. The summed E-state index contributed by atoms with van der Waals surface area (Å²) in [7, 11) is 0. The van der Waals surface area contributed by atoms with E-state index in [2.05, 4.69) is 10.2 Å². The summed E-state index contributed by atoms with van der Waals surface area (Å²) < 4.78 is 0. The molecule has 0 unspecified atom stereocenters. The molecule has 0 saturated heterocycles. The van der Waals surface area contributed by atoms with Crippen LogP contribution < -0.4 is 0 Å². The van der Waals surface area contributed by atoms with Gasteiger partial charge >= 0.3 is 5.97 Å². The van der Waals surface area contributed by atoms with Crippen LogP contribution in [0.25, 0.3) is 0 Å². The van der Waals surface area contributed by atoms with Gasteiger partial charge in [-0.25, -0.2) is 4.79 Å². The van der Waals surface area contributed by atoms with Crippen molar-refractivity contribution < 1.29 is 9.90 Å². The molecule has 1 aromatic heterocycles. The quantitative estimate of drug-likeness (QED) is 0.898. The van der Waals surface area contributed by atoms with Gasteiger partial charge in [-0.15, -0.1) is 0 Å². The third-order valence-corrected chi connectivity index (χ3v) is 5.80. The van der Waals surface area contributed by atoms with Crippen molar-refractivity contribution in [1.82, 2.24) is 10.2 Å². The Bertz CT molecular complexity index is 542. The van der Waals surface area contributed by atoms with Crippen LogP contribution in [-0.4, -0.2) is 21.3 Å². The van der Waals surface area contributed by atoms with Crippen molar-refractivity contribution in [1.29, 1.82) is 0 Å². The van der Waals surface area contributed by atoms with E-state index in [1.807, 2.05) is 0 Å². The van der Waals surface area contributed by atoms with Gasteiger partial charge in [0.1, 0.15) is 0 Å². The average molecular weight is 272 g/mol. The fourth-order valence-corrected chi connectivity index (χ4v) is 5.26. The fraction of sp³-hybridized carbons (Fsp3) is 0.688. The highest BCUT2D eigenvalue weighted by Crippen LogP contribution is 2.59. The average Bonchev–Trinajstić information content (AvgIpc) is 2.38. The fourth-order valence-electron chi connectivity index (χ4n) is 5.26. The lowest BCUT2D eigenvalue weighted by Crippen LogP contribution is -2.44. The number of carbonyl (C=O) groups is 1. The van der Waals surface area contributed by atoms with E-state index in [-0.39, 0.29) is 0 Å². The molecule has 4 bridgehead atoms. The number of aromatic nitrogens is 2. The third kappa shape index (κ3) is 1.77. The molecular weight excluding hydrogens is 252 g/mol. The molecule has 4 aliphatic rings. The summed E-state index contributed by atoms with van der Waals surface area (Å²) in [5.41, 5.74) is 1.77. The highest BCUT2D eigenvalue weighted by Gasteiger charge is 2.49. The Morgan fingerprint density at radius 3 is 2.25 bits per heavy atom. The Labute approximate surface area is 118 Å². The number of aromatic carboxylic acids is 1. The predicted octanol–water partition coefficient (Wildman–Crippen LogP) is 3.02. The van der Waals surface area contributed by atoms with Crippen LogP contribution in [0.15, 0.2) is 6.07 Å². The van der Waals surface area contributed by atoms with Gasteiger partial charge in [0.2, 0.25) is 0 Å². The summed E-state index contributed by atoms with van der Waals surface area (Å²) in [6.07, 6.45) is 6.69. The van der Waals surface area contributed by atoms with Crippen LogP contribution in [0.5, 0.6) is 0 Å². The van der Waals surface area contributed by atoms with Gasteiger partial charge in [-0.3, -0.25) is 0 Å². The van der Waals surface area contributed by atoms with Gasteiger partial charge < -0.3 is 5.11 Å². The second kappa shape index (κ2) is 4.27. The van der Waals surface area contributed by atoms with Gasteiger partial charge in [-0.05, 0) is 68.8 Å². The number of rotatable bonds is 2. The Balaban J connectivity index is 1.71. The molecule has 1 aromatic rings. The van der Waals surface area contributed by atoms with E-state index in [4.69, 9.17) is 0 Å². The van der Waals surface area contributed by atoms with E-state index in [0.717, 1.165) is 17.5 Å². The molecule has 106 valence electrons. The smallest absolute Gasteiger partial charge is 0.337 e. The molecule has 4 saturated carbocycles. The van der Waals surface area contributed by atoms with Crippen molar-refractivity contribution in [2.45, 2.75) is 44.9 Å². The number of nitrogens with zero attached hydrogens (tertiary/aromatic N) is 2. The second-order valence-corrected chi connectivity index (χ2v) is 7.03. The molecule has 0 radical (unpaired) electrons. The van der Waals surface area contributed by atoms with Crippen molar-refractivity contribution in [3.63, 3.8) is 0 Å². The van der Waals surface area contributed by atoms with Crippen LogP contribution in [0.1, 0.15) is 59.8 Å². The lowest BCUT2D eigenvalue weighted by molar-refractivity contribution is -0.00450. The minimum Gasteiger partial charge on any atom is -0.478 e. The minimum absolute atomic E-state index is 0.323. The number of hydrogen-bond donors (Lipinski definition) is 1. The zero-order valence-electron chi connectivity index (χ0n) is 11.7. The first-order chi connectivity index (χ1) is 9.61. The van der Waals surface area contributed by atoms with Gasteiger partial charge in [0.05, 0.1) is 17.0 Å². The topological polar surface area (TPSA) is 63.1 Å². The van der Waals surface area contributed by atoms with Gasteiger partial charge in [-0.1, -0.05) is 0 Å². The summed E-state index contributed by atoms with van der Waals surface area (Å²) in [5.74, 6) is 2.84.